The lowest BCUT2D eigenvalue weighted by molar-refractivity contribution is 0.0953. The van der Waals surface area contributed by atoms with E-state index in [-0.39, 0.29) is 18.4 Å². The van der Waals surface area contributed by atoms with E-state index in [0.717, 1.165) is 23.3 Å². The van der Waals surface area contributed by atoms with Crippen molar-refractivity contribution in [2.75, 3.05) is 13.2 Å². The van der Waals surface area contributed by atoms with Gasteiger partial charge in [0.15, 0.2) is 0 Å². The monoisotopic (exact) mass is 315 g/mol. The van der Waals surface area contributed by atoms with Crippen molar-refractivity contribution in [1.82, 2.24) is 5.32 Å². The average Bonchev–Trinajstić information content (AvgIpc) is 3.13. The molecular weight excluding hydrogens is 294 g/mol. The Bertz CT molecular complexity index is 614. The minimum Gasteiger partial charge on any atom is -0.396 e. The number of aryl methyl sites for hydroxylation is 2. The van der Waals surface area contributed by atoms with E-state index < -0.39 is 0 Å². The van der Waals surface area contributed by atoms with Gasteiger partial charge in [-0.2, -0.15) is 0 Å². The van der Waals surface area contributed by atoms with Gasteiger partial charge in [0.05, 0.1) is 4.88 Å². The molecule has 0 saturated heterocycles. The number of hydrogen-bond acceptors (Lipinski definition) is 3. The highest BCUT2D eigenvalue weighted by molar-refractivity contribution is 7.14. The first-order valence-electron chi connectivity index (χ1n) is 7.83. The third kappa shape index (κ3) is 3.39. The van der Waals surface area contributed by atoms with Crippen molar-refractivity contribution >= 4 is 17.2 Å². The Kier molecular flexibility index (Phi) is 4.90. The van der Waals surface area contributed by atoms with Crippen LogP contribution in [0.2, 0.25) is 0 Å². The summed E-state index contributed by atoms with van der Waals surface area (Å²) < 4.78 is 0. The molecule has 1 aromatic heterocycles. The standard InChI is InChI=1S/C18H21NO2S/c20-10-9-15(13-5-2-1-3-6-13)12-19-18(21)17-11-14-7-4-8-16(14)22-17/h1-3,5-6,11,15,20H,4,7-10,12H2,(H,19,21). The molecular formula is C18H21NO2S. The van der Waals surface area contributed by atoms with Crippen molar-refractivity contribution in [1.29, 1.82) is 0 Å². The first kappa shape index (κ1) is 15.3. The van der Waals surface area contributed by atoms with E-state index in [0.29, 0.717) is 13.0 Å². The van der Waals surface area contributed by atoms with Crippen molar-refractivity contribution < 1.29 is 9.90 Å². The Morgan fingerprint density at radius 1 is 1.27 bits per heavy atom. The van der Waals surface area contributed by atoms with Crippen LogP contribution in [-0.4, -0.2) is 24.2 Å². The highest BCUT2D eigenvalue weighted by Crippen LogP contribution is 2.30. The molecule has 1 amide bonds. The van der Waals surface area contributed by atoms with Gasteiger partial charge in [-0.15, -0.1) is 11.3 Å². The fourth-order valence-electron chi connectivity index (χ4n) is 3.01. The fraction of sp³-hybridized carbons (Fsp3) is 0.389. The zero-order valence-electron chi connectivity index (χ0n) is 12.5. The summed E-state index contributed by atoms with van der Waals surface area (Å²) >= 11 is 1.63. The summed E-state index contributed by atoms with van der Waals surface area (Å²) in [6.07, 6.45) is 4.10. The summed E-state index contributed by atoms with van der Waals surface area (Å²) in [4.78, 5) is 14.5. The molecule has 1 aliphatic rings. The van der Waals surface area contributed by atoms with Crippen molar-refractivity contribution in [2.45, 2.75) is 31.6 Å². The fourth-order valence-corrected chi connectivity index (χ4v) is 4.18. The second-order valence-electron chi connectivity index (χ2n) is 5.74. The molecule has 0 fully saturated rings. The molecule has 0 aliphatic heterocycles. The Balaban J connectivity index is 1.62. The molecule has 0 spiro atoms. The number of benzene rings is 1. The normalized spacial score (nSPS) is 14.6. The van der Waals surface area contributed by atoms with Gasteiger partial charge in [0.2, 0.25) is 0 Å². The molecule has 1 unspecified atom stereocenters. The lowest BCUT2D eigenvalue weighted by Gasteiger charge is -2.16. The summed E-state index contributed by atoms with van der Waals surface area (Å²) in [7, 11) is 0. The van der Waals surface area contributed by atoms with Gasteiger partial charge in [0.25, 0.3) is 5.91 Å². The van der Waals surface area contributed by atoms with E-state index in [9.17, 15) is 9.90 Å². The van der Waals surface area contributed by atoms with Crippen LogP contribution in [0, 0.1) is 0 Å². The smallest absolute Gasteiger partial charge is 0.261 e. The summed E-state index contributed by atoms with van der Waals surface area (Å²) in [5.74, 6) is 0.167. The Labute approximate surface area is 135 Å². The topological polar surface area (TPSA) is 49.3 Å². The Morgan fingerprint density at radius 2 is 2.09 bits per heavy atom. The number of nitrogens with one attached hydrogen (secondary N) is 1. The quantitative estimate of drug-likeness (QED) is 0.860. The molecule has 3 rings (SSSR count). The molecule has 1 heterocycles. The van der Waals surface area contributed by atoms with E-state index in [4.69, 9.17) is 0 Å². The molecule has 2 N–H and O–H groups in total. The van der Waals surface area contributed by atoms with Crippen molar-refractivity contribution in [3.05, 3.63) is 57.3 Å². The second kappa shape index (κ2) is 7.07. The van der Waals surface area contributed by atoms with Crippen LogP contribution < -0.4 is 5.32 Å². The minimum atomic E-state index is 0.0123. The van der Waals surface area contributed by atoms with Crippen LogP contribution in [0.25, 0.3) is 0 Å². The van der Waals surface area contributed by atoms with Gasteiger partial charge in [-0.1, -0.05) is 30.3 Å². The first-order valence-corrected chi connectivity index (χ1v) is 8.65. The highest BCUT2D eigenvalue weighted by Gasteiger charge is 2.19. The predicted octanol–water partition coefficient (Wildman–Crippen LogP) is 3.13. The number of rotatable bonds is 6. The predicted molar refractivity (Wildman–Crippen MR) is 89.6 cm³/mol. The van der Waals surface area contributed by atoms with Crippen molar-refractivity contribution in [3.63, 3.8) is 0 Å². The van der Waals surface area contributed by atoms with Crippen LogP contribution in [-0.2, 0) is 12.8 Å². The highest BCUT2D eigenvalue weighted by atomic mass is 32.1. The third-order valence-electron chi connectivity index (χ3n) is 4.23. The molecule has 116 valence electrons. The summed E-state index contributed by atoms with van der Waals surface area (Å²) in [5.41, 5.74) is 2.51. The van der Waals surface area contributed by atoms with Gasteiger partial charge in [0.1, 0.15) is 0 Å². The largest absolute Gasteiger partial charge is 0.396 e. The molecule has 1 aromatic carbocycles. The number of amides is 1. The van der Waals surface area contributed by atoms with E-state index in [1.165, 1.54) is 16.9 Å². The number of aliphatic hydroxyl groups is 1. The van der Waals surface area contributed by atoms with Crippen molar-refractivity contribution in [3.8, 4) is 0 Å². The molecule has 3 nitrogen and oxygen atoms in total. The van der Waals surface area contributed by atoms with Crippen molar-refractivity contribution in [2.24, 2.45) is 0 Å². The van der Waals surface area contributed by atoms with E-state index in [1.807, 2.05) is 36.4 Å². The van der Waals surface area contributed by atoms with E-state index in [2.05, 4.69) is 5.32 Å². The maximum atomic E-state index is 12.3. The average molecular weight is 315 g/mol. The molecule has 1 atom stereocenters. The van der Waals surface area contributed by atoms with Gasteiger partial charge in [-0.3, -0.25) is 4.79 Å². The maximum absolute atomic E-state index is 12.3. The molecule has 4 heteroatoms. The van der Waals surface area contributed by atoms with Crippen LogP contribution in [0.15, 0.2) is 36.4 Å². The lowest BCUT2D eigenvalue weighted by Crippen LogP contribution is -2.28. The molecule has 0 saturated carbocycles. The summed E-state index contributed by atoms with van der Waals surface area (Å²) in [6.45, 7) is 0.689. The molecule has 22 heavy (non-hydrogen) atoms. The summed E-state index contributed by atoms with van der Waals surface area (Å²) in [5, 5.41) is 12.3. The van der Waals surface area contributed by atoms with Gasteiger partial charge < -0.3 is 10.4 Å². The number of fused-ring (bicyclic) bond motifs is 1. The number of carbonyl (C=O) groups excluding carboxylic acids is 1. The Morgan fingerprint density at radius 3 is 2.82 bits per heavy atom. The zero-order chi connectivity index (χ0) is 15.4. The van der Waals surface area contributed by atoms with E-state index >= 15 is 0 Å². The number of aliphatic hydroxyl groups excluding tert-OH is 1. The lowest BCUT2D eigenvalue weighted by atomic mass is 9.96. The number of carbonyl (C=O) groups is 1. The van der Waals surface area contributed by atoms with Gasteiger partial charge in [0, 0.05) is 23.9 Å². The minimum absolute atomic E-state index is 0.0123. The Hall–Kier alpha value is -1.65. The first-order chi connectivity index (χ1) is 10.8. The van der Waals surface area contributed by atoms with Crippen LogP contribution in [0.3, 0.4) is 0 Å². The second-order valence-corrected chi connectivity index (χ2v) is 6.88. The number of thiophene rings is 1. The number of hydrogen-bond donors (Lipinski definition) is 2. The molecule has 2 aromatic rings. The third-order valence-corrected chi connectivity index (χ3v) is 5.46. The zero-order valence-corrected chi connectivity index (χ0v) is 13.4. The van der Waals surface area contributed by atoms with Gasteiger partial charge in [-0.05, 0) is 42.9 Å². The van der Waals surface area contributed by atoms with Gasteiger partial charge in [-0.25, -0.2) is 0 Å². The van der Waals surface area contributed by atoms with Crippen LogP contribution in [0.4, 0.5) is 0 Å². The van der Waals surface area contributed by atoms with Crippen LogP contribution >= 0.6 is 11.3 Å². The molecule has 1 aliphatic carbocycles. The molecule has 0 radical (unpaired) electrons. The van der Waals surface area contributed by atoms with Crippen LogP contribution in [0.1, 0.15) is 44.4 Å². The van der Waals surface area contributed by atoms with E-state index in [1.54, 1.807) is 11.3 Å². The van der Waals surface area contributed by atoms with Crippen LogP contribution in [0.5, 0.6) is 0 Å². The SMILES string of the molecule is O=C(NCC(CCO)c1ccccc1)c1cc2c(s1)CCC2. The van der Waals surface area contributed by atoms with Gasteiger partial charge >= 0.3 is 0 Å². The molecule has 0 bridgehead atoms. The summed E-state index contributed by atoms with van der Waals surface area (Å²) in [6, 6.07) is 12.1. The maximum Gasteiger partial charge on any atom is 0.261 e.